The quantitative estimate of drug-likeness (QED) is 0.443. The molecule has 0 aliphatic rings. The van der Waals surface area contributed by atoms with Gasteiger partial charge in [-0.25, -0.2) is 4.79 Å². The topological polar surface area (TPSA) is 54.4 Å². The number of rotatable bonds is 3. The molecule has 1 atom stereocenters. The first-order valence-corrected chi connectivity index (χ1v) is 2.49. The fourth-order valence-corrected chi connectivity index (χ4v) is 0.302. The normalized spacial score (nSPS) is 12.1. The third kappa shape index (κ3) is 2.08. The molecule has 50 valence electrons. The molecule has 0 aliphatic heterocycles. The molecule has 0 heterocycles. The van der Waals surface area contributed by atoms with Crippen LogP contribution in [0.5, 0.6) is 0 Å². The first kappa shape index (κ1) is 7.88. The Labute approximate surface area is 53.0 Å². The van der Waals surface area contributed by atoms with Crippen molar-refractivity contribution in [3.8, 4) is 0 Å². The highest BCUT2D eigenvalue weighted by Gasteiger charge is 2.16. The molecule has 0 aromatic rings. The maximum atomic E-state index is 10.4. The Morgan fingerprint density at radius 1 is 1.67 bits per heavy atom. The van der Waals surface area contributed by atoms with Gasteiger partial charge in [0, 0.05) is 5.92 Å². The van der Waals surface area contributed by atoms with Crippen LogP contribution in [0.3, 0.4) is 0 Å². The number of carboxylic acid groups (broad SMARTS) is 1. The van der Waals surface area contributed by atoms with Crippen LogP contribution >= 0.6 is 0 Å². The van der Waals surface area contributed by atoms with E-state index in [9.17, 15) is 9.59 Å². The number of hydrogen-bond acceptors (Lipinski definition) is 2. The molecule has 0 spiro atoms. The molecule has 0 aromatic heterocycles. The van der Waals surface area contributed by atoms with E-state index in [4.69, 9.17) is 5.11 Å². The predicted octanol–water partition coefficient (Wildman–Crippen LogP) is 0.462. The molecule has 0 saturated carbocycles. The number of Topliss-reactive ketones (excluding diaryl/α,β-unsaturated/α-hetero) is 1. The first-order valence-electron chi connectivity index (χ1n) is 2.49. The molecule has 0 bridgehead atoms. The van der Waals surface area contributed by atoms with E-state index >= 15 is 0 Å². The van der Waals surface area contributed by atoms with Gasteiger partial charge in [0.15, 0.2) is 0 Å². The van der Waals surface area contributed by atoms with Gasteiger partial charge in [-0.3, -0.25) is 4.79 Å². The smallest absolute Gasteiger partial charge is 0.372 e. The Bertz CT molecular complexity index is 148. The van der Waals surface area contributed by atoms with Crippen LogP contribution in [-0.4, -0.2) is 16.9 Å². The number of carbonyl (C=O) groups excluding carboxylic acids is 1. The van der Waals surface area contributed by atoms with Crippen molar-refractivity contribution in [2.45, 2.75) is 6.92 Å². The van der Waals surface area contributed by atoms with Gasteiger partial charge in [0.1, 0.15) is 0 Å². The summed E-state index contributed by atoms with van der Waals surface area (Å²) in [5.74, 6) is -2.80. The second-order valence-electron chi connectivity index (χ2n) is 1.69. The van der Waals surface area contributed by atoms with Gasteiger partial charge < -0.3 is 5.11 Å². The summed E-state index contributed by atoms with van der Waals surface area (Å²) < 4.78 is 0. The van der Waals surface area contributed by atoms with Crippen LogP contribution in [0.15, 0.2) is 12.7 Å². The van der Waals surface area contributed by atoms with Crippen LogP contribution in [0.25, 0.3) is 0 Å². The highest BCUT2D eigenvalue weighted by Crippen LogP contribution is 1.96. The van der Waals surface area contributed by atoms with E-state index in [0.717, 1.165) is 0 Å². The van der Waals surface area contributed by atoms with Crippen LogP contribution in [0.4, 0.5) is 0 Å². The number of carbonyl (C=O) groups is 2. The van der Waals surface area contributed by atoms with Gasteiger partial charge in [-0.15, -0.1) is 6.58 Å². The molecule has 1 N–H and O–H groups in total. The Morgan fingerprint density at radius 3 is 2.22 bits per heavy atom. The predicted molar refractivity (Wildman–Crippen MR) is 32.0 cm³/mol. The molecule has 1 unspecified atom stereocenters. The van der Waals surface area contributed by atoms with E-state index in [1.165, 1.54) is 13.0 Å². The second kappa shape index (κ2) is 3.02. The highest BCUT2D eigenvalue weighted by atomic mass is 16.4. The summed E-state index contributed by atoms with van der Waals surface area (Å²) in [6.07, 6.45) is 1.30. The van der Waals surface area contributed by atoms with Crippen molar-refractivity contribution in [1.82, 2.24) is 0 Å². The second-order valence-corrected chi connectivity index (χ2v) is 1.69. The SMILES string of the molecule is C=CC(C)C(=O)C(=O)O. The average Bonchev–Trinajstić information content (AvgIpc) is 1.84. The Balaban J connectivity index is 4.03. The van der Waals surface area contributed by atoms with Crippen LogP contribution in [0.2, 0.25) is 0 Å². The molecular weight excluding hydrogens is 120 g/mol. The number of ketones is 1. The molecular formula is C6H8O3. The van der Waals surface area contributed by atoms with Crippen molar-refractivity contribution >= 4 is 11.8 Å². The van der Waals surface area contributed by atoms with Crippen molar-refractivity contribution in [3.63, 3.8) is 0 Å². The first-order chi connectivity index (χ1) is 4.09. The number of aliphatic carboxylic acids is 1. The molecule has 0 aliphatic carbocycles. The summed E-state index contributed by atoms with van der Waals surface area (Å²) in [5.41, 5.74) is 0. The van der Waals surface area contributed by atoms with Crippen molar-refractivity contribution < 1.29 is 14.7 Å². The lowest BCUT2D eigenvalue weighted by Crippen LogP contribution is -2.18. The molecule has 0 rings (SSSR count). The number of hydrogen-bond donors (Lipinski definition) is 1. The van der Waals surface area contributed by atoms with Gasteiger partial charge in [-0.1, -0.05) is 13.0 Å². The Hall–Kier alpha value is -1.12. The zero-order chi connectivity index (χ0) is 7.44. The standard InChI is InChI=1S/C6H8O3/c1-3-4(2)5(7)6(8)9/h3-4H,1H2,2H3,(H,8,9). The minimum Gasteiger partial charge on any atom is -0.475 e. The van der Waals surface area contributed by atoms with Crippen LogP contribution < -0.4 is 0 Å². The summed E-state index contributed by atoms with van der Waals surface area (Å²) in [6.45, 7) is 4.77. The van der Waals surface area contributed by atoms with E-state index in [0.29, 0.717) is 0 Å². The summed E-state index contributed by atoms with van der Waals surface area (Å²) in [6, 6.07) is 0. The van der Waals surface area contributed by atoms with Crippen molar-refractivity contribution in [3.05, 3.63) is 12.7 Å². The molecule has 0 fully saturated rings. The van der Waals surface area contributed by atoms with E-state index < -0.39 is 17.7 Å². The van der Waals surface area contributed by atoms with E-state index in [2.05, 4.69) is 6.58 Å². The van der Waals surface area contributed by atoms with Crippen LogP contribution in [0.1, 0.15) is 6.92 Å². The van der Waals surface area contributed by atoms with Crippen molar-refractivity contribution in [2.75, 3.05) is 0 Å². The van der Waals surface area contributed by atoms with Crippen LogP contribution in [-0.2, 0) is 9.59 Å². The van der Waals surface area contributed by atoms with E-state index in [1.54, 1.807) is 0 Å². The molecule has 0 saturated heterocycles. The van der Waals surface area contributed by atoms with Gasteiger partial charge in [0.2, 0.25) is 5.78 Å². The van der Waals surface area contributed by atoms with E-state index in [-0.39, 0.29) is 0 Å². The van der Waals surface area contributed by atoms with Gasteiger partial charge in [0.25, 0.3) is 0 Å². The summed E-state index contributed by atoms with van der Waals surface area (Å²) in [4.78, 5) is 20.3. The zero-order valence-corrected chi connectivity index (χ0v) is 5.13. The maximum Gasteiger partial charge on any atom is 0.372 e. The van der Waals surface area contributed by atoms with Crippen LogP contribution in [0, 0.1) is 5.92 Å². The summed E-state index contributed by atoms with van der Waals surface area (Å²) in [7, 11) is 0. The largest absolute Gasteiger partial charge is 0.475 e. The zero-order valence-electron chi connectivity index (χ0n) is 5.13. The average molecular weight is 128 g/mol. The Kier molecular flexibility index (Phi) is 2.64. The Morgan fingerprint density at radius 2 is 2.11 bits per heavy atom. The van der Waals surface area contributed by atoms with Gasteiger partial charge in [-0.05, 0) is 0 Å². The molecule has 9 heavy (non-hydrogen) atoms. The van der Waals surface area contributed by atoms with Gasteiger partial charge in [-0.2, -0.15) is 0 Å². The fourth-order valence-electron chi connectivity index (χ4n) is 0.302. The lowest BCUT2D eigenvalue weighted by molar-refractivity contribution is -0.150. The van der Waals surface area contributed by atoms with E-state index in [1.807, 2.05) is 0 Å². The highest BCUT2D eigenvalue weighted by molar-refractivity contribution is 6.33. The molecule has 0 amide bonds. The molecule has 0 aromatic carbocycles. The van der Waals surface area contributed by atoms with Gasteiger partial charge in [0.05, 0.1) is 0 Å². The van der Waals surface area contributed by atoms with Crippen molar-refractivity contribution in [2.24, 2.45) is 5.92 Å². The lowest BCUT2D eigenvalue weighted by Gasteiger charge is -1.96. The fraction of sp³-hybridized carbons (Fsp3) is 0.333. The third-order valence-electron chi connectivity index (χ3n) is 0.978. The minimum absolute atomic E-state index is 0.581. The molecule has 0 radical (unpaired) electrons. The molecule has 3 heteroatoms. The van der Waals surface area contributed by atoms with Gasteiger partial charge >= 0.3 is 5.97 Å². The lowest BCUT2D eigenvalue weighted by atomic mass is 10.1. The van der Waals surface area contributed by atoms with Crippen molar-refractivity contribution in [1.29, 1.82) is 0 Å². The summed E-state index contributed by atoms with van der Waals surface area (Å²) in [5, 5.41) is 8.09. The maximum absolute atomic E-state index is 10.4. The minimum atomic E-state index is -1.40. The molecule has 3 nitrogen and oxygen atoms in total. The summed E-state index contributed by atoms with van der Waals surface area (Å²) >= 11 is 0. The number of carboxylic acids is 1. The number of allylic oxidation sites excluding steroid dienone is 1. The monoisotopic (exact) mass is 128 g/mol. The third-order valence-corrected chi connectivity index (χ3v) is 0.978.